The Morgan fingerprint density at radius 3 is 2.27 bits per heavy atom. The number of amides is 3. The number of nitrogens with one attached hydrogen (secondary N) is 3. The number of carbonyl (C=O) groups is 2. The zero-order valence-corrected chi connectivity index (χ0v) is 19.9. The summed E-state index contributed by atoms with van der Waals surface area (Å²) in [6.07, 6.45) is -8.86. The van der Waals surface area contributed by atoms with Gasteiger partial charge in [0.25, 0.3) is 5.91 Å². The van der Waals surface area contributed by atoms with E-state index < -0.39 is 35.5 Å². The number of halogens is 6. The van der Waals surface area contributed by atoms with Crippen molar-refractivity contribution in [3.05, 3.63) is 46.9 Å². The third kappa shape index (κ3) is 6.99. The predicted octanol–water partition coefficient (Wildman–Crippen LogP) is 3.34. The van der Waals surface area contributed by atoms with E-state index in [4.69, 9.17) is 0 Å². The van der Waals surface area contributed by atoms with Crippen LogP contribution in [0, 0.1) is 0 Å². The van der Waals surface area contributed by atoms with Crippen LogP contribution in [0.2, 0.25) is 0 Å². The molecule has 15 heteroatoms. The molecule has 2 aromatic heterocycles. The number of urea groups is 1. The first kappa shape index (κ1) is 28.0. The van der Waals surface area contributed by atoms with Crippen molar-refractivity contribution < 1.29 is 35.9 Å². The number of carbonyl (C=O) groups excluding carboxylic acids is 2. The number of hydrogen-bond acceptors (Lipinski definition) is 6. The Kier molecular flexibility index (Phi) is 8.46. The highest BCUT2D eigenvalue weighted by molar-refractivity contribution is 5.92. The van der Waals surface area contributed by atoms with Crippen LogP contribution in [0.4, 0.5) is 42.6 Å². The summed E-state index contributed by atoms with van der Waals surface area (Å²) in [4.78, 5) is 33.7. The number of aromatic nitrogens is 2. The molecule has 0 spiro atoms. The van der Waals surface area contributed by atoms with Crippen molar-refractivity contribution in [1.82, 2.24) is 25.5 Å². The van der Waals surface area contributed by atoms with Gasteiger partial charge >= 0.3 is 18.4 Å². The molecule has 0 unspecified atom stereocenters. The average molecular weight is 533 g/mol. The van der Waals surface area contributed by atoms with E-state index in [-0.39, 0.29) is 55.5 Å². The summed E-state index contributed by atoms with van der Waals surface area (Å²) in [5.74, 6) is -0.828. The minimum atomic E-state index is -4.82. The molecule has 0 radical (unpaired) electrons. The van der Waals surface area contributed by atoms with Crippen molar-refractivity contribution in [2.75, 3.05) is 50.0 Å². The van der Waals surface area contributed by atoms with E-state index in [9.17, 15) is 35.9 Å². The molecule has 0 saturated carbocycles. The number of pyridine rings is 2. The second-order valence-corrected chi connectivity index (χ2v) is 8.11. The lowest BCUT2D eigenvalue weighted by atomic mass is 10.1. The summed E-state index contributed by atoms with van der Waals surface area (Å²) >= 11 is 0. The molecule has 2 aromatic rings. The van der Waals surface area contributed by atoms with Gasteiger partial charge in [0.2, 0.25) is 0 Å². The number of anilines is 2. The lowest BCUT2D eigenvalue weighted by Gasteiger charge is -2.37. The maximum Gasteiger partial charge on any atom is 0.435 e. The summed E-state index contributed by atoms with van der Waals surface area (Å²) in [5.41, 5.74) is -2.91. The van der Waals surface area contributed by atoms with Crippen LogP contribution in [0.1, 0.15) is 34.2 Å². The maximum absolute atomic E-state index is 13.7. The summed E-state index contributed by atoms with van der Waals surface area (Å²) in [7, 11) is 1.27. The summed E-state index contributed by atoms with van der Waals surface area (Å²) < 4.78 is 81.7. The molecule has 1 saturated heterocycles. The Bertz CT molecular complexity index is 1130. The third-order valence-corrected chi connectivity index (χ3v) is 5.58. The normalized spacial score (nSPS) is 14.9. The molecular weight excluding hydrogens is 508 g/mol. The Hall–Kier alpha value is -3.62. The Morgan fingerprint density at radius 1 is 1.03 bits per heavy atom. The van der Waals surface area contributed by atoms with E-state index >= 15 is 0 Å². The van der Waals surface area contributed by atoms with Crippen molar-refractivity contribution in [3.63, 3.8) is 0 Å². The van der Waals surface area contributed by atoms with Crippen molar-refractivity contribution in [3.8, 4) is 0 Å². The van der Waals surface area contributed by atoms with Crippen LogP contribution in [0.25, 0.3) is 0 Å². The van der Waals surface area contributed by atoms with Gasteiger partial charge in [0.05, 0.1) is 11.3 Å². The van der Waals surface area contributed by atoms with Crippen LogP contribution in [-0.2, 0) is 18.9 Å². The smallest absolute Gasteiger partial charge is 0.367 e. The van der Waals surface area contributed by atoms with E-state index in [0.717, 1.165) is 6.07 Å². The fourth-order valence-corrected chi connectivity index (χ4v) is 3.83. The molecule has 0 bridgehead atoms. The van der Waals surface area contributed by atoms with Gasteiger partial charge in [-0.25, -0.2) is 14.8 Å². The van der Waals surface area contributed by atoms with Crippen LogP contribution in [0.3, 0.4) is 0 Å². The minimum Gasteiger partial charge on any atom is -0.367 e. The molecule has 202 valence electrons. The largest absolute Gasteiger partial charge is 0.435 e. The Balaban J connectivity index is 1.78. The van der Waals surface area contributed by atoms with Gasteiger partial charge in [-0.15, -0.1) is 0 Å². The molecule has 1 aliphatic heterocycles. The fraction of sp³-hybridized carbons (Fsp3) is 0.455. The number of rotatable bonds is 6. The fourth-order valence-electron chi connectivity index (χ4n) is 3.83. The molecule has 37 heavy (non-hydrogen) atoms. The molecule has 0 aromatic carbocycles. The van der Waals surface area contributed by atoms with Gasteiger partial charge in [-0.05, 0) is 30.7 Å². The second-order valence-electron chi connectivity index (χ2n) is 8.11. The number of nitrogens with zero attached hydrogens (tertiary/aromatic N) is 4. The Morgan fingerprint density at radius 2 is 1.70 bits per heavy atom. The number of hydrogen-bond donors (Lipinski definition) is 3. The monoisotopic (exact) mass is 533 g/mol. The van der Waals surface area contributed by atoms with Gasteiger partial charge in [-0.1, -0.05) is 0 Å². The summed E-state index contributed by atoms with van der Waals surface area (Å²) in [6.45, 7) is 2.31. The first-order chi connectivity index (χ1) is 17.3. The van der Waals surface area contributed by atoms with Gasteiger partial charge in [-0.3, -0.25) is 15.0 Å². The third-order valence-electron chi connectivity index (χ3n) is 5.58. The van der Waals surface area contributed by atoms with Crippen molar-refractivity contribution in [2.24, 2.45) is 0 Å². The van der Waals surface area contributed by atoms with E-state index in [1.165, 1.54) is 24.1 Å². The quantitative estimate of drug-likeness (QED) is 0.493. The molecule has 1 aliphatic rings. The Labute approximate surface area is 208 Å². The van der Waals surface area contributed by atoms with Crippen LogP contribution < -0.4 is 20.9 Å². The summed E-state index contributed by atoms with van der Waals surface area (Å²) in [5, 5.41) is 7.04. The number of piperazine rings is 1. The molecule has 3 heterocycles. The van der Waals surface area contributed by atoms with Crippen LogP contribution in [0.5, 0.6) is 0 Å². The lowest BCUT2D eigenvalue weighted by molar-refractivity contribution is -0.140. The molecule has 3 rings (SSSR count). The highest BCUT2D eigenvalue weighted by atomic mass is 19.4. The topological polar surface area (TPSA) is 102 Å². The SMILES string of the molecule is CCNC(=O)Nc1cc(CN2CCN(c3ccc(C(=O)NC)nc3C(F)(F)F)CC2)c(C(F)(F)F)cn1. The highest BCUT2D eigenvalue weighted by Crippen LogP contribution is 2.36. The van der Waals surface area contributed by atoms with Gasteiger partial charge in [0.15, 0.2) is 5.69 Å². The van der Waals surface area contributed by atoms with E-state index in [0.29, 0.717) is 12.7 Å². The van der Waals surface area contributed by atoms with Gasteiger partial charge in [0, 0.05) is 52.5 Å². The predicted molar refractivity (Wildman–Crippen MR) is 122 cm³/mol. The molecule has 0 atom stereocenters. The van der Waals surface area contributed by atoms with Crippen LogP contribution in [-0.4, -0.2) is 66.6 Å². The van der Waals surface area contributed by atoms with Crippen molar-refractivity contribution >= 4 is 23.4 Å². The van der Waals surface area contributed by atoms with E-state index in [1.54, 1.807) is 11.8 Å². The molecule has 3 amide bonds. The minimum absolute atomic E-state index is 0.0651. The number of alkyl halides is 6. The van der Waals surface area contributed by atoms with Crippen molar-refractivity contribution in [2.45, 2.75) is 25.8 Å². The molecule has 0 aliphatic carbocycles. The standard InChI is InChI=1S/C22H25F6N7O2/c1-3-30-20(37)33-17-10-13(14(11-31-17)21(23,24)25)12-34-6-8-35(9-7-34)16-5-4-15(19(36)29-2)32-18(16)22(26,27)28/h4-5,10-11H,3,6-9,12H2,1-2H3,(H,29,36)(H2,30,31,33,37). The first-order valence-electron chi connectivity index (χ1n) is 11.2. The summed E-state index contributed by atoms with van der Waals surface area (Å²) in [6, 6.07) is 2.87. The maximum atomic E-state index is 13.7. The van der Waals surface area contributed by atoms with Crippen molar-refractivity contribution in [1.29, 1.82) is 0 Å². The molecule has 1 fully saturated rings. The second kappa shape index (κ2) is 11.2. The zero-order chi connectivity index (χ0) is 27.4. The van der Waals surface area contributed by atoms with Crippen LogP contribution in [0.15, 0.2) is 24.4 Å². The molecule has 9 nitrogen and oxygen atoms in total. The molecule has 3 N–H and O–H groups in total. The van der Waals surface area contributed by atoms with Crippen LogP contribution >= 0.6 is 0 Å². The van der Waals surface area contributed by atoms with E-state index in [2.05, 4.69) is 25.9 Å². The lowest BCUT2D eigenvalue weighted by Crippen LogP contribution is -2.46. The van der Waals surface area contributed by atoms with Gasteiger partial charge in [-0.2, -0.15) is 26.3 Å². The van der Waals surface area contributed by atoms with E-state index in [1.807, 2.05) is 0 Å². The molecular formula is C22H25F6N7O2. The average Bonchev–Trinajstić information content (AvgIpc) is 2.82. The first-order valence-corrected chi connectivity index (χ1v) is 11.2. The van der Waals surface area contributed by atoms with Gasteiger partial charge in [0.1, 0.15) is 11.5 Å². The zero-order valence-electron chi connectivity index (χ0n) is 19.9. The highest BCUT2D eigenvalue weighted by Gasteiger charge is 2.39. The van der Waals surface area contributed by atoms with Gasteiger partial charge < -0.3 is 15.5 Å².